The van der Waals surface area contributed by atoms with Crippen LogP contribution in [0.25, 0.3) is 0 Å². The van der Waals surface area contributed by atoms with E-state index in [1.165, 1.54) is 0 Å². The number of rotatable bonds is 2. The van der Waals surface area contributed by atoms with Gasteiger partial charge in [0.15, 0.2) is 0 Å². The molecule has 0 radical (unpaired) electrons. The smallest absolute Gasteiger partial charge is 0.256 e. The van der Waals surface area contributed by atoms with Crippen molar-refractivity contribution in [2.75, 3.05) is 24.3 Å². The average Bonchev–Trinajstić information content (AvgIpc) is 2.84. The molecule has 1 aromatic rings. The van der Waals surface area contributed by atoms with Gasteiger partial charge >= 0.3 is 0 Å². The zero-order valence-electron chi connectivity index (χ0n) is 9.65. The summed E-state index contributed by atoms with van der Waals surface area (Å²) in [6.07, 6.45) is 1.07. The highest BCUT2D eigenvalue weighted by Crippen LogP contribution is 2.25. The molecule has 0 bridgehead atoms. The Kier molecular flexibility index (Phi) is 3.99. The lowest BCUT2D eigenvalue weighted by molar-refractivity contribution is 0.0749. The zero-order chi connectivity index (χ0) is 12.4. The molecule has 1 atom stereocenters. The Bertz CT molecular complexity index is 433. The van der Waals surface area contributed by atoms with Crippen LogP contribution in [0.4, 0.5) is 5.69 Å². The fourth-order valence-electron chi connectivity index (χ4n) is 1.90. The number of carbonyl (C=O) groups is 1. The van der Waals surface area contributed by atoms with Gasteiger partial charge in [-0.05, 0) is 30.4 Å². The highest BCUT2D eigenvalue weighted by Gasteiger charge is 2.25. The number of halogens is 1. The third-order valence-corrected chi connectivity index (χ3v) is 4.66. The largest absolute Gasteiger partial charge is 0.398 e. The number of benzene rings is 1. The quantitative estimate of drug-likeness (QED) is 0.854. The van der Waals surface area contributed by atoms with E-state index in [0.717, 1.165) is 22.4 Å². The van der Waals surface area contributed by atoms with Gasteiger partial charge in [0, 0.05) is 29.0 Å². The Hall–Kier alpha value is -0.680. The van der Waals surface area contributed by atoms with Gasteiger partial charge in [-0.15, -0.1) is 0 Å². The van der Waals surface area contributed by atoms with Crippen LogP contribution in [-0.2, 0) is 0 Å². The molecule has 1 saturated heterocycles. The van der Waals surface area contributed by atoms with Crippen LogP contribution in [0.5, 0.6) is 0 Å². The van der Waals surface area contributed by atoms with Gasteiger partial charge in [0.2, 0.25) is 0 Å². The van der Waals surface area contributed by atoms with E-state index in [-0.39, 0.29) is 5.91 Å². The molecule has 0 aromatic heterocycles. The Morgan fingerprint density at radius 2 is 2.35 bits per heavy atom. The van der Waals surface area contributed by atoms with Crippen molar-refractivity contribution >= 4 is 39.3 Å². The van der Waals surface area contributed by atoms with Crippen LogP contribution >= 0.6 is 27.7 Å². The van der Waals surface area contributed by atoms with E-state index in [9.17, 15) is 4.79 Å². The molecular formula is C12H15BrN2OS. The van der Waals surface area contributed by atoms with Crippen molar-refractivity contribution in [1.29, 1.82) is 0 Å². The van der Waals surface area contributed by atoms with E-state index < -0.39 is 0 Å². The van der Waals surface area contributed by atoms with Crippen LogP contribution in [0.1, 0.15) is 16.8 Å². The van der Waals surface area contributed by atoms with Crippen molar-refractivity contribution in [3.8, 4) is 0 Å². The molecule has 1 heterocycles. The molecule has 0 saturated carbocycles. The molecule has 3 nitrogen and oxygen atoms in total. The predicted molar refractivity (Wildman–Crippen MR) is 76.4 cm³/mol. The van der Waals surface area contributed by atoms with Crippen molar-refractivity contribution in [3.05, 3.63) is 28.2 Å². The molecule has 17 heavy (non-hydrogen) atoms. The maximum absolute atomic E-state index is 12.3. The molecule has 5 heteroatoms. The molecule has 1 unspecified atom stereocenters. The average molecular weight is 315 g/mol. The highest BCUT2D eigenvalue weighted by atomic mass is 79.9. The molecule has 1 amide bonds. The molecule has 2 N–H and O–H groups in total. The fraction of sp³-hybridized carbons (Fsp3) is 0.417. The lowest BCUT2D eigenvalue weighted by Crippen LogP contribution is -2.37. The summed E-state index contributed by atoms with van der Waals surface area (Å²) in [5.41, 5.74) is 6.97. The van der Waals surface area contributed by atoms with E-state index >= 15 is 0 Å². The first-order valence-electron chi connectivity index (χ1n) is 5.49. The molecule has 1 aromatic carbocycles. The number of nitrogen functional groups attached to an aromatic ring is 1. The monoisotopic (exact) mass is 314 g/mol. The molecule has 1 aliphatic rings. The maximum Gasteiger partial charge on any atom is 0.256 e. The minimum Gasteiger partial charge on any atom is -0.398 e. The summed E-state index contributed by atoms with van der Waals surface area (Å²) in [4.78, 5) is 14.1. The van der Waals surface area contributed by atoms with Crippen molar-refractivity contribution in [1.82, 2.24) is 4.90 Å². The summed E-state index contributed by atoms with van der Waals surface area (Å²) in [6.45, 7) is 0. The van der Waals surface area contributed by atoms with Gasteiger partial charge in [-0.2, -0.15) is 11.8 Å². The third kappa shape index (κ3) is 2.77. The molecule has 1 aliphatic heterocycles. The maximum atomic E-state index is 12.3. The summed E-state index contributed by atoms with van der Waals surface area (Å²) < 4.78 is 0.879. The minimum absolute atomic E-state index is 0.0105. The Morgan fingerprint density at radius 3 is 3.00 bits per heavy atom. The topological polar surface area (TPSA) is 46.3 Å². The van der Waals surface area contributed by atoms with Gasteiger partial charge in [-0.1, -0.05) is 15.9 Å². The summed E-state index contributed by atoms with van der Waals surface area (Å²) in [5, 5.41) is 0. The standard InChI is InChI=1S/C12H15BrN2OS/c1-15(9-4-5-17-7-9)12(16)10-6-8(13)2-3-11(10)14/h2-3,6,9H,4-5,7,14H2,1H3. The van der Waals surface area contributed by atoms with Crippen LogP contribution in [0.15, 0.2) is 22.7 Å². The Labute approximate surface area is 114 Å². The van der Waals surface area contributed by atoms with Crippen LogP contribution in [0, 0.1) is 0 Å². The van der Waals surface area contributed by atoms with Crippen molar-refractivity contribution < 1.29 is 4.79 Å². The van der Waals surface area contributed by atoms with Gasteiger partial charge in [0.1, 0.15) is 0 Å². The Balaban J connectivity index is 2.20. The van der Waals surface area contributed by atoms with Crippen LogP contribution in [-0.4, -0.2) is 35.4 Å². The number of nitrogens with two attached hydrogens (primary N) is 1. The van der Waals surface area contributed by atoms with Crippen LogP contribution in [0.3, 0.4) is 0 Å². The lowest BCUT2D eigenvalue weighted by Gasteiger charge is -2.24. The number of thioether (sulfide) groups is 1. The number of hydrogen-bond acceptors (Lipinski definition) is 3. The van der Waals surface area contributed by atoms with E-state index in [2.05, 4.69) is 15.9 Å². The van der Waals surface area contributed by atoms with Gasteiger partial charge in [0.25, 0.3) is 5.91 Å². The second kappa shape index (κ2) is 5.31. The van der Waals surface area contributed by atoms with E-state index in [1.807, 2.05) is 29.8 Å². The van der Waals surface area contributed by atoms with Crippen molar-refractivity contribution in [2.24, 2.45) is 0 Å². The lowest BCUT2D eigenvalue weighted by atomic mass is 10.1. The first-order chi connectivity index (χ1) is 8.09. The molecule has 92 valence electrons. The number of amides is 1. The highest BCUT2D eigenvalue weighted by molar-refractivity contribution is 9.10. The first kappa shape index (κ1) is 12.8. The van der Waals surface area contributed by atoms with Crippen LogP contribution in [0.2, 0.25) is 0 Å². The molecule has 0 spiro atoms. The van der Waals surface area contributed by atoms with E-state index in [4.69, 9.17) is 5.73 Å². The van der Waals surface area contributed by atoms with Crippen LogP contribution < -0.4 is 5.73 Å². The predicted octanol–water partition coefficient (Wildman–Crippen LogP) is 2.61. The van der Waals surface area contributed by atoms with Gasteiger partial charge < -0.3 is 10.6 Å². The summed E-state index contributed by atoms with van der Waals surface area (Å²) >= 11 is 5.26. The number of carbonyl (C=O) groups excluding carboxylic acids is 1. The van der Waals surface area contributed by atoms with E-state index in [0.29, 0.717) is 17.3 Å². The van der Waals surface area contributed by atoms with Crippen molar-refractivity contribution in [3.63, 3.8) is 0 Å². The number of nitrogens with zero attached hydrogens (tertiary/aromatic N) is 1. The zero-order valence-corrected chi connectivity index (χ0v) is 12.1. The summed E-state index contributed by atoms with van der Waals surface area (Å²) in [6, 6.07) is 5.73. The first-order valence-corrected chi connectivity index (χ1v) is 7.44. The SMILES string of the molecule is CN(C(=O)c1cc(Br)ccc1N)C1CCSC1. The fourth-order valence-corrected chi connectivity index (χ4v) is 3.53. The number of anilines is 1. The second-order valence-corrected chi connectivity index (χ2v) is 6.23. The van der Waals surface area contributed by atoms with E-state index in [1.54, 1.807) is 12.1 Å². The minimum atomic E-state index is 0.0105. The molecule has 1 fully saturated rings. The summed E-state index contributed by atoms with van der Waals surface area (Å²) in [7, 11) is 1.86. The third-order valence-electron chi connectivity index (χ3n) is 3.02. The summed E-state index contributed by atoms with van der Waals surface area (Å²) in [5.74, 6) is 2.17. The van der Waals surface area contributed by atoms with Gasteiger partial charge in [-0.25, -0.2) is 0 Å². The van der Waals surface area contributed by atoms with Gasteiger partial charge in [-0.3, -0.25) is 4.79 Å². The Morgan fingerprint density at radius 1 is 1.59 bits per heavy atom. The molecular weight excluding hydrogens is 300 g/mol. The second-order valence-electron chi connectivity index (χ2n) is 4.17. The molecule has 0 aliphatic carbocycles. The normalized spacial score (nSPS) is 19.3. The van der Waals surface area contributed by atoms with Gasteiger partial charge in [0.05, 0.1) is 5.56 Å². The molecule has 2 rings (SSSR count). The number of hydrogen-bond donors (Lipinski definition) is 1. The van der Waals surface area contributed by atoms with Crippen molar-refractivity contribution in [2.45, 2.75) is 12.5 Å².